The number of nitrogens with zero attached hydrogens (tertiary/aromatic N) is 1. The summed E-state index contributed by atoms with van der Waals surface area (Å²) in [5.41, 5.74) is 3.90. The first-order valence-corrected chi connectivity index (χ1v) is 7.67. The molecule has 0 aliphatic heterocycles. The second-order valence-electron chi connectivity index (χ2n) is 5.67. The standard InChI is InChI=1S/C18H26N2O/c1-5-10-19-12-16-7-9-18(14(2)11-16)20(4)13-17-8-6-15(3)21-17/h6-9,11,19H,5,10,12-13H2,1-4H3. The van der Waals surface area contributed by atoms with Crippen molar-refractivity contribution in [2.24, 2.45) is 0 Å². The Morgan fingerprint density at radius 2 is 1.95 bits per heavy atom. The lowest BCUT2D eigenvalue weighted by molar-refractivity contribution is 0.481. The number of benzene rings is 1. The molecular weight excluding hydrogens is 260 g/mol. The van der Waals surface area contributed by atoms with Crippen LogP contribution in [0.5, 0.6) is 0 Å². The molecule has 0 bridgehead atoms. The molecule has 114 valence electrons. The number of rotatable bonds is 7. The highest BCUT2D eigenvalue weighted by atomic mass is 16.3. The van der Waals surface area contributed by atoms with Gasteiger partial charge in [0.15, 0.2) is 0 Å². The smallest absolute Gasteiger partial charge is 0.123 e. The van der Waals surface area contributed by atoms with E-state index in [-0.39, 0.29) is 0 Å². The molecule has 1 N–H and O–H groups in total. The first-order chi connectivity index (χ1) is 10.1. The van der Waals surface area contributed by atoms with Gasteiger partial charge in [0, 0.05) is 19.3 Å². The normalized spacial score (nSPS) is 10.9. The molecule has 1 heterocycles. The average Bonchev–Trinajstić information content (AvgIpc) is 2.84. The quantitative estimate of drug-likeness (QED) is 0.779. The summed E-state index contributed by atoms with van der Waals surface area (Å²) in [4.78, 5) is 2.23. The van der Waals surface area contributed by atoms with Gasteiger partial charge in [-0.1, -0.05) is 19.1 Å². The van der Waals surface area contributed by atoms with Crippen molar-refractivity contribution < 1.29 is 4.42 Å². The molecule has 1 aromatic heterocycles. The summed E-state index contributed by atoms with van der Waals surface area (Å²) >= 11 is 0. The molecule has 2 rings (SSSR count). The Labute approximate surface area is 128 Å². The summed E-state index contributed by atoms with van der Waals surface area (Å²) in [6.07, 6.45) is 1.17. The zero-order valence-corrected chi connectivity index (χ0v) is 13.6. The highest BCUT2D eigenvalue weighted by molar-refractivity contribution is 5.54. The summed E-state index contributed by atoms with van der Waals surface area (Å²) in [5, 5.41) is 3.44. The summed E-state index contributed by atoms with van der Waals surface area (Å²) < 4.78 is 5.65. The Morgan fingerprint density at radius 3 is 2.57 bits per heavy atom. The lowest BCUT2D eigenvalue weighted by Crippen LogP contribution is -2.18. The van der Waals surface area contributed by atoms with Crippen LogP contribution in [0.3, 0.4) is 0 Å². The Bertz CT molecular complexity index is 574. The van der Waals surface area contributed by atoms with Crippen LogP contribution in [0.2, 0.25) is 0 Å². The van der Waals surface area contributed by atoms with Gasteiger partial charge in [-0.25, -0.2) is 0 Å². The van der Waals surface area contributed by atoms with Crippen LogP contribution in [-0.2, 0) is 13.1 Å². The third kappa shape index (κ3) is 4.36. The molecule has 21 heavy (non-hydrogen) atoms. The summed E-state index contributed by atoms with van der Waals surface area (Å²) in [5.74, 6) is 1.97. The van der Waals surface area contributed by atoms with E-state index in [0.29, 0.717) is 0 Å². The summed E-state index contributed by atoms with van der Waals surface area (Å²) in [7, 11) is 2.11. The first kappa shape index (κ1) is 15.6. The van der Waals surface area contributed by atoms with Gasteiger partial charge in [-0.3, -0.25) is 0 Å². The molecule has 0 radical (unpaired) electrons. The van der Waals surface area contributed by atoms with Crippen LogP contribution in [0.1, 0.15) is 36.0 Å². The zero-order chi connectivity index (χ0) is 15.2. The van der Waals surface area contributed by atoms with Crippen molar-refractivity contribution in [3.8, 4) is 0 Å². The van der Waals surface area contributed by atoms with Crippen molar-refractivity contribution in [2.75, 3.05) is 18.5 Å². The van der Waals surface area contributed by atoms with E-state index in [0.717, 1.165) is 31.2 Å². The maximum Gasteiger partial charge on any atom is 0.123 e. The topological polar surface area (TPSA) is 28.4 Å². The SMILES string of the molecule is CCCNCc1ccc(N(C)Cc2ccc(C)o2)c(C)c1. The van der Waals surface area contributed by atoms with Gasteiger partial charge in [-0.15, -0.1) is 0 Å². The molecule has 3 heteroatoms. The minimum absolute atomic E-state index is 0.794. The largest absolute Gasteiger partial charge is 0.464 e. The van der Waals surface area contributed by atoms with Crippen molar-refractivity contribution in [1.29, 1.82) is 0 Å². The van der Waals surface area contributed by atoms with Crippen molar-refractivity contribution in [2.45, 2.75) is 40.3 Å². The van der Waals surface area contributed by atoms with E-state index in [2.05, 4.69) is 49.3 Å². The minimum Gasteiger partial charge on any atom is -0.464 e. The van der Waals surface area contributed by atoms with Crippen LogP contribution >= 0.6 is 0 Å². The van der Waals surface area contributed by atoms with Gasteiger partial charge >= 0.3 is 0 Å². The summed E-state index contributed by atoms with van der Waals surface area (Å²) in [6, 6.07) is 10.7. The number of hydrogen-bond donors (Lipinski definition) is 1. The van der Waals surface area contributed by atoms with E-state index < -0.39 is 0 Å². The second-order valence-corrected chi connectivity index (χ2v) is 5.67. The highest BCUT2D eigenvalue weighted by Crippen LogP contribution is 2.22. The molecular formula is C18H26N2O. The zero-order valence-electron chi connectivity index (χ0n) is 13.6. The highest BCUT2D eigenvalue weighted by Gasteiger charge is 2.08. The van der Waals surface area contributed by atoms with Gasteiger partial charge in [0.05, 0.1) is 6.54 Å². The monoisotopic (exact) mass is 286 g/mol. The number of nitrogens with one attached hydrogen (secondary N) is 1. The molecule has 2 aromatic rings. The maximum atomic E-state index is 5.65. The fraction of sp³-hybridized carbons (Fsp3) is 0.444. The molecule has 1 aromatic carbocycles. The number of anilines is 1. The minimum atomic E-state index is 0.794. The molecule has 0 aliphatic rings. The Morgan fingerprint density at radius 1 is 1.14 bits per heavy atom. The lowest BCUT2D eigenvalue weighted by atomic mass is 10.1. The van der Waals surface area contributed by atoms with Crippen LogP contribution < -0.4 is 10.2 Å². The van der Waals surface area contributed by atoms with Gasteiger partial charge < -0.3 is 14.6 Å². The molecule has 0 unspecified atom stereocenters. The average molecular weight is 286 g/mol. The van der Waals surface area contributed by atoms with Crippen molar-refractivity contribution in [3.05, 3.63) is 53.0 Å². The summed E-state index contributed by atoms with van der Waals surface area (Å²) in [6.45, 7) is 9.14. The predicted molar refractivity (Wildman–Crippen MR) is 88.7 cm³/mol. The predicted octanol–water partition coefficient (Wildman–Crippen LogP) is 4.03. The van der Waals surface area contributed by atoms with Crippen LogP contribution in [-0.4, -0.2) is 13.6 Å². The molecule has 3 nitrogen and oxygen atoms in total. The Balaban J connectivity index is 2.02. The van der Waals surface area contributed by atoms with Gasteiger partial charge in [-0.2, -0.15) is 0 Å². The van der Waals surface area contributed by atoms with Crippen LogP contribution in [0.15, 0.2) is 34.7 Å². The van der Waals surface area contributed by atoms with E-state index in [9.17, 15) is 0 Å². The third-order valence-corrected chi connectivity index (χ3v) is 3.62. The molecule has 0 spiro atoms. The Hall–Kier alpha value is -1.74. The van der Waals surface area contributed by atoms with E-state index in [1.54, 1.807) is 0 Å². The van der Waals surface area contributed by atoms with Crippen LogP contribution in [0.4, 0.5) is 5.69 Å². The van der Waals surface area contributed by atoms with Crippen LogP contribution in [0.25, 0.3) is 0 Å². The van der Waals surface area contributed by atoms with E-state index in [4.69, 9.17) is 4.42 Å². The third-order valence-electron chi connectivity index (χ3n) is 3.62. The fourth-order valence-corrected chi connectivity index (χ4v) is 2.55. The molecule has 0 saturated carbocycles. The lowest BCUT2D eigenvalue weighted by Gasteiger charge is -2.21. The fourth-order valence-electron chi connectivity index (χ4n) is 2.55. The van der Waals surface area contributed by atoms with E-state index >= 15 is 0 Å². The maximum absolute atomic E-state index is 5.65. The number of furan rings is 1. The van der Waals surface area contributed by atoms with Gasteiger partial charge in [0.2, 0.25) is 0 Å². The molecule has 0 amide bonds. The van der Waals surface area contributed by atoms with Gasteiger partial charge in [0.1, 0.15) is 11.5 Å². The van der Waals surface area contributed by atoms with E-state index in [1.165, 1.54) is 23.2 Å². The Kier molecular flexibility index (Phi) is 5.45. The number of hydrogen-bond acceptors (Lipinski definition) is 3. The molecule has 0 atom stereocenters. The van der Waals surface area contributed by atoms with Crippen LogP contribution in [0, 0.1) is 13.8 Å². The van der Waals surface area contributed by atoms with Crippen molar-refractivity contribution in [1.82, 2.24) is 5.32 Å². The van der Waals surface area contributed by atoms with Gasteiger partial charge in [-0.05, 0) is 56.1 Å². The van der Waals surface area contributed by atoms with E-state index in [1.807, 2.05) is 19.1 Å². The number of aryl methyl sites for hydroxylation is 2. The molecule has 0 saturated heterocycles. The first-order valence-electron chi connectivity index (χ1n) is 7.67. The second kappa shape index (κ2) is 7.32. The molecule has 0 fully saturated rings. The van der Waals surface area contributed by atoms with Crippen molar-refractivity contribution >= 4 is 5.69 Å². The van der Waals surface area contributed by atoms with Crippen molar-refractivity contribution in [3.63, 3.8) is 0 Å². The van der Waals surface area contributed by atoms with Gasteiger partial charge in [0.25, 0.3) is 0 Å². The molecule has 0 aliphatic carbocycles.